The van der Waals surface area contributed by atoms with Crippen LogP contribution < -0.4 is 16.4 Å². The molecule has 0 bridgehead atoms. The summed E-state index contributed by atoms with van der Waals surface area (Å²) in [6.45, 7) is 7.44. The number of nitrogens with one attached hydrogen (secondary N) is 2. The number of sulfone groups is 1. The average molecular weight is 557 g/mol. The Kier molecular flexibility index (Phi) is 10.8. The molecule has 3 rings (SSSR count). The van der Waals surface area contributed by atoms with Crippen molar-refractivity contribution in [3.05, 3.63) is 71.6 Å². The molecule has 39 heavy (non-hydrogen) atoms. The van der Waals surface area contributed by atoms with Crippen molar-refractivity contribution < 1.29 is 27.5 Å². The normalized spacial score (nSPS) is 15.2. The van der Waals surface area contributed by atoms with Crippen molar-refractivity contribution in [2.24, 2.45) is 5.73 Å². The summed E-state index contributed by atoms with van der Waals surface area (Å²) in [7, 11) is -4.13. The van der Waals surface area contributed by atoms with Crippen LogP contribution in [0.5, 0.6) is 0 Å². The van der Waals surface area contributed by atoms with Crippen molar-refractivity contribution in [3.8, 4) is 0 Å². The number of ketones is 1. The number of nitrogens with two attached hydrogens (primary N) is 1. The fourth-order valence-corrected chi connectivity index (χ4v) is 5.37. The summed E-state index contributed by atoms with van der Waals surface area (Å²) in [4.78, 5) is 40.6. The fraction of sp³-hybridized carbons (Fsp3) is 0.393. The average Bonchev–Trinajstić information content (AvgIpc) is 2.96. The summed E-state index contributed by atoms with van der Waals surface area (Å²) in [6.07, 6.45) is 1.30. The topological polar surface area (TPSA) is 148 Å². The number of nitrogens with zero attached hydrogens (tertiary/aromatic N) is 1. The third kappa shape index (κ3) is 7.75. The number of hydrogen-bond donors (Lipinski definition) is 3. The Morgan fingerprint density at radius 2 is 1.67 bits per heavy atom. The molecular formula is C28H36N4O6S. The van der Waals surface area contributed by atoms with Gasteiger partial charge in [0.25, 0.3) is 5.91 Å². The lowest BCUT2D eigenvalue weighted by Crippen LogP contribution is -2.48. The van der Waals surface area contributed by atoms with E-state index in [0.717, 1.165) is 0 Å². The highest BCUT2D eigenvalue weighted by atomic mass is 32.2. The third-order valence-corrected chi connectivity index (χ3v) is 8.20. The lowest BCUT2D eigenvalue weighted by molar-refractivity contribution is -0.126. The predicted molar refractivity (Wildman–Crippen MR) is 149 cm³/mol. The second-order valence-corrected chi connectivity index (χ2v) is 11.2. The zero-order valence-electron chi connectivity index (χ0n) is 22.1. The molecule has 2 unspecified atom stereocenters. The largest absolute Gasteiger partial charge is 0.378 e. The van der Waals surface area contributed by atoms with Gasteiger partial charge >= 0.3 is 0 Å². The van der Waals surface area contributed by atoms with Crippen LogP contribution in [-0.2, 0) is 24.2 Å². The quantitative estimate of drug-likeness (QED) is 0.251. The Morgan fingerprint density at radius 3 is 2.33 bits per heavy atom. The monoisotopic (exact) mass is 556 g/mol. The van der Waals surface area contributed by atoms with Gasteiger partial charge in [0.2, 0.25) is 15.7 Å². The number of amides is 2. The summed E-state index contributed by atoms with van der Waals surface area (Å²) in [5.74, 6) is -1.48. The number of morpholine rings is 1. The highest BCUT2D eigenvalue weighted by molar-refractivity contribution is 7.96. The molecule has 2 atom stereocenters. The Morgan fingerprint density at radius 1 is 1.03 bits per heavy atom. The molecule has 1 saturated heterocycles. The third-order valence-electron chi connectivity index (χ3n) is 6.45. The number of anilines is 1. The van der Waals surface area contributed by atoms with E-state index in [1.54, 1.807) is 54.3 Å². The molecule has 1 aliphatic heterocycles. The lowest BCUT2D eigenvalue weighted by Gasteiger charge is -2.28. The van der Waals surface area contributed by atoms with Crippen molar-refractivity contribution >= 4 is 33.1 Å². The number of rotatable bonds is 13. The van der Waals surface area contributed by atoms with Crippen molar-refractivity contribution in [1.82, 2.24) is 10.2 Å². The minimum Gasteiger partial charge on any atom is -0.378 e. The van der Waals surface area contributed by atoms with Gasteiger partial charge in [-0.15, -0.1) is 0 Å². The van der Waals surface area contributed by atoms with E-state index in [1.165, 1.54) is 12.1 Å². The van der Waals surface area contributed by atoms with Gasteiger partial charge in [0.05, 0.1) is 29.7 Å². The van der Waals surface area contributed by atoms with Crippen LogP contribution in [0.2, 0.25) is 0 Å². The molecule has 4 N–H and O–H groups in total. The first-order valence-electron chi connectivity index (χ1n) is 12.9. The van der Waals surface area contributed by atoms with Crippen molar-refractivity contribution in [2.75, 3.05) is 38.2 Å². The Bertz CT molecular complexity index is 1280. The summed E-state index contributed by atoms with van der Waals surface area (Å²) in [6, 6.07) is 12.5. The van der Waals surface area contributed by atoms with Gasteiger partial charge < -0.3 is 26.0 Å². The molecule has 2 aromatic carbocycles. The van der Waals surface area contributed by atoms with Crippen LogP contribution in [-0.4, -0.2) is 75.8 Å². The molecule has 2 amide bonds. The van der Waals surface area contributed by atoms with Gasteiger partial charge in [0.1, 0.15) is 10.9 Å². The van der Waals surface area contributed by atoms with E-state index in [4.69, 9.17) is 10.5 Å². The first-order valence-corrected chi connectivity index (χ1v) is 14.4. The van der Waals surface area contributed by atoms with Crippen LogP contribution in [0.15, 0.2) is 71.0 Å². The van der Waals surface area contributed by atoms with Crippen LogP contribution >= 0.6 is 0 Å². The SMILES string of the molecule is C=C(C(=O)C(CCCCN)NC(=O)C(C)Nc1ccccc1C(=O)N1CCOCC1)S(=O)(=O)c1ccccc1. The van der Waals surface area contributed by atoms with Crippen molar-refractivity contribution in [3.63, 3.8) is 0 Å². The highest BCUT2D eigenvalue weighted by Gasteiger charge is 2.32. The highest BCUT2D eigenvalue weighted by Crippen LogP contribution is 2.22. The van der Waals surface area contributed by atoms with E-state index >= 15 is 0 Å². The molecule has 0 radical (unpaired) electrons. The van der Waals surface area contributed by atoms with Crippen molar-refractivity contribution in [2.45, 2.75) is 43.2 Å². The van der Waals surface area contributed by atoms with Crippen LogP contribution in [0.25, 0.3) is 0 Å². The van der Waals surface area contributed by atoms with E-state index in [2.05, 4.69) is 17.2 Å². The molecule has 10 nitrogen and oxygen atoms in total. The fourth-order valence-electron chi connectivity index (χ4n) is 4.16. The van der Waals surface area contributed by atoms with Gasteiger partial charge in [0, 0.05) is 18.8 Å². The van der Waals surface area contributed by atoms with Crippen LogP contribution in [0.1, 0.15) is 36.5 Å². The maximum atomic E-state index is 13.3. The number of ether oxygens (including phenoxy) is 1. The van der Waals surface area contributed by atoms with E-state index < -0.39 is 38.5 Å². The molecular weight excluding hydrogens is 520 g/mol. The minimum atomic E-state index is -4.13. The van der Waals surface area contributed by atoms with Crippen LogP contribution in [0.4, 0.5) is 5.69 Å². The predicted octanol–water partition coefficient (Wildman–Crippen LogP) is 2.13. The summed E-state index contributed by atoms with van der Waals surface area (Å²) >= 11 is 0. The van der Waals surface area contributed by atoms with Gasteiger partial charge in [0.15, 0.2) is 5.78 Å². The Hall–Kier alpha value is -3.54. The minimum absolute atomic E-state index is 0.0491. The summed E-state index contributed by atoms with van der Waals surface area (Å²) < 4.78 is 31.3. The number of benzene rings is 2. The smallest absolute Gasteiger partial charge is 0.256 e. The summed E-state index contributed by atoms with van der Waals surface area (Å²) in [5, 5.41) is 5.75. The maximum absolute atomic E-state index is 13.3. The molecule has 0 aliphatic carbocycles. The maximum Gasteiger partial charge on any atom is 0.256 e. The molecule has 0 aromatic heterocycles. The van der Waals surface area contributed by atoms with E-state index in [1.807, 2.05) is 0 Å². The molecule has 210 valence electrons. The number of unbranched alkanes of at least 4 members (excludes halogenated alkanes) is 1. The van der Waals surface area contributed by atoms with Gasteiger partial charge in [-0.1, -0.05) is 36.9 Å². The van der Waals surface area contributed by atoms with E-state index in [9.17, 15) is 22.8 Å². The molecule has 2 aromatic rings. The van der Waals surface area contributed by atoms with Gasteiger partial charge in [-0.25, -0.2) is 8.42 Å². The van der Waals surface area contributed by atoms with E-state index in [0.29, 0.717) is 56.9 Å². The standard InChI is InChI=1S/C28H36N4O6S/c1-20(30-24-13-7-6-12-23(24)28(35)32-16-18-38-19-17-32)27(34)31-25(14-8-9-15-29)26(33)21(2)39(36,37)22-10-4-3-5-11-22/h3-7,10-13,20,25,30H,2,8-9,14-19,29H2,1H3,(H,31,34). The lowest BCUT2D eigenvalue weighted by atomic mass is 10.0. The van der Waals surface area contributed by atoms with Gasteiger partial charge in [-0.3, -0.25) is 14.4 Å². The zero-order valence-corrected chi connectivity index (χ0v) is 22.9. The zero-order chi connectivity index (χ0) is 28.4. The van der Waals surface area contributed by atoms with Gasteiger partial charge in [-0.2, -0.15) is 0 Å². The van der Waals surface area contributed by atoms with E-state index in [-0.39, 0.29) is 17.2 Å². The number of carbonyl (C=O) groups is 3. The molecule has 1 fully saturated rings. The number of Topliss-reactive ketones (excluding diaryl/α,β-unsaturated/α-hetero) is 1. The second kappa shape index (κ2) is 14.0. The molecule has 0 spiro atoms. The first-order chi connectivity index (χ1) is 18.7. The summed E-state index contributed by atoms with van der Waals surface area (Å²) in [5.41, 5.74) is 6.47. The molecule has 0 saturated carbocycles. The Labute approximate surface area is 229 Å². The molecule has 1 heterocycles. The first kappa shape index (κ1) is 30.0. The number of para-hydroxylation sites is 1. The van der Waals surface area contributed by atoms with Crippen LogP contribution in [0, 0.1) is 0 Å². The van der Waals surface area contributed by atoms with Crippen LogP contribution in [0.3, 0.4) is 0 Å². The number of carbonyl (C=O) groups excluding carboxylic acids is 3. The molecule has 1 aliphatic rings. The second-order valence-electron chi connectivity index (χ2n) is 9.27. The number of hydrogen-bond acceptors (Lipinski definition) is 8. The van der Waals surface area contributed by atoms with Crippen molar-refractivity contribution in [1.29, 1.82) is 0 Å². The Balaban J connectivity index is 1.74. The molecule has 11 heteroatoms. The van der Waals surface area contributed by atoms with Gasteiger partial charge in [-0.05, 0) is 57.0 Å².